The Labute approximate surface area is 172 Å². The molecule has 0 aliphatic rings. The van der Waals surface area contributed by atoms with E-state index in [4.69, 9.17) is 0 Å². The number of para-hydroxylation sites is 1. The van der Waals surface area contributed by atoms with Crippen LogP contribution < -0.4 is 4.57 Å². The van der Waals surface area contributed by atoms with Gasteiger partial charge in [0, 0.05) is 36.0 Å². The second kappa shape index (κ2) is 8.04. The van der Waals surface area contributed by atoms with Gasteiger partial charge in [-0.3, -0.25) is 4.79 Å². The number of benzene rings is 2. The van der Waals surface area contributed by atoms with Gasteiger partial charge in [0.2, 0.25) is 12.3 Å². The van der Waals surface area contributed by atoms with E-state index in [-0.39, 0.29) is 5.78 Å². The van der Waals surface area contributed by atoms with Crippen LogP contribution in [-0.4, -0.2) is 10.4 Å². The summed E-state index contributed by atoms with van der Waals surface area (Å²) in [4.78, 5) is 13.7. The molecule has 0 saturated heterocycles. The maximum atomic E-state index is 13.7. The van der Waals surface area contributed by atoms with Crippen molar-refractivity contribution in [3.05, 3.63) is 89.7 Å². The van der Waals surface area contributed by atoms with E-state index in [1.807, 2.05) is 30.3 Å². The van der Waals surface area contributed by atoms with Crippen molar-refractivity contribution in [3.63, 3.8) is 0 Å². The van der Waals surface area contributed by atoms with Gasteiger partial charge < -0.3 is 4.57 Å². The Kier molecular flexibility index (Phi) is 5.30. The lowest BCUT2D eigenvalue weighted by atomic mass is 10.0. The minimum Gasteiger partial charge on any atom is -0.340 e. The van der Waals surface area contributed by atoms with Crippen LogP contribution in [-0.2, 0) is 19.5 Å². The van der Waals surface area contributed by atoms with Crippen molar-refractivity contribution >= 4 is 16.7 Å². The molecule has 3 nitrogen and oxygen atoms in total. The second-order valence-electron chi connectivity index (χ2n) is 7.43. The summed E-state index contributed by atoms with van der Waals surface area (Å²) >= 11 is 0. The molecule has 0 aliphatic carbocycles. The smallest absolute Gasteiger partial charge is 0.230 e. The lowest BCUT2D eigenvalue weighted by Crippen LogP contribution is -2.41. The van der Waals surface area contributed by atoms with Gasteiger partial charge in [0.15, 0.2) is 11.9 Å². The van der Waals surface area contributed by atoms with Crippen LogP contribution in [0.25, 0.3) is 22.2 Å². The number of nitrogens with zero attached hydrogens (tertiary/aromatic N) is 2. The normalized spacial score (nSPS) is 11.1. The number of rotatable bonds is 6. The summed E-state index contributed by atoms with van der Waals surface area (Å²) in [5.41, 5.74) is 6.37. The van der Waals surface area contributed by atoms with Gasteiger partial charge in [0.1, 0.15) is 0 Å². The number of hydrogen-bond donors (Lipinski definition) is 0. The van der Waals surface area contributed by atoms with Crippen molar-refractivity contribution in [1.82, 2.24) is 4.57 Å². The van der Waals surface area contributed by atoms with Crippen LogP contribution in [0, 0.1) is 6.92 Å². The minimum absolute atomic E-state index is 0.147. The minimum atomic E-state index is 0.147. The molecule has 2 aromatic heterocycles. The zero-order chi connectivity index (χ0) is 20.4. The average molecular weight is 384 g/mol. The van der Waals surface area contributed by atoms with Gasteiger partial charge in [-0.25, -0.2) is 0 Å². The second-order valence-corrected chi connectivity index (χ2v) is 7.43. The SMILES string of the molecule is CCc1ccc(C)[n+](CC(=O)c2c(-c3ccccc3)n(CC)c3ccccc23)c1. The number of fused-ring (bicyclic) bond motifs is 1. The molecule has 2 heterocycles. The molecule has 0 spiro atoms. The maximum Gasteiger partial charge on any atom is 0.230 e. The number of carbonyl (C=O) groups is 1. The quantitative estimate of drug-likeness (QED) is 0.325. The van der Waals surface area contributed by atoms with Crippen LogP contribution in [0.1, 0.15) is 35.5 Å². The Balaban J connectivity index is 1.90. The molecule has 4 rings (SSSR count). The Morgan fingerprint density at radius 1 is 0.931 bits per heavy atom. The molecule has 4 aromatic rings. The number of Topliss-reactive ketones (excluding diaryl/α,β-unsaturated/α-hetero) is 1. The summed E-state index contributed by atoms with van der Waals surface area (Å²) < 4.78 is 4.34. The summed E-state index contributed by atoms with van der Waals surface area (Å²) in [6.07, 6.45) is 3.06. The molecule has 3 heteroatoms. The van der Waals surface area contributed by atoms with Crippen molar-refractivity contribution in [2.24, 2.45) is 0 Å². The van der Waals surface area contributed by atoms with Crippen molar-refractivity contribution in [3.8, 4) is 11.3 Å². The van der Waals surface area contributed by atoms with E-state index in [0.29, 0.717) is 6.54 Å². The number of carbonyl (C=O) groups excluding carboxylic acids is 1. The Hall–Kier alpha value is -3.20. The van der Waals surface area contributed by atoms with Gasteiger partial charge in [-0.2, -0.15) is 4.57 Å². The molecule has 0 atom stereocenters. The highest BCUT2D eigenvalue weighted by atomic mass is 16.1. The van der Waals surface area contributed by atoms with E-state index >= 15 is 0 Å². The Morgan fingerprint density at radius 2 is 1.66 bits per heavy atom. The van der Waals surface area contributed by atoms with Gasteiger partial charge in [0.25, 0.3) is 0 Å². The third-order valence-electron chi connectivity index (χ3n) is 5.65. The van der Waals surface area contributed by atoms with Crippen LogP contribution >= 0.6 is 0 Å². The summed E-state index contributed by atoms with van der Waals surface area (Å²) in [6.45, 7) is 7.49. The zero-order valence-electron chi connectivity index (χ0n) is 17.4. The van der Waals surface area contributed by atoms with Crippen LogP contribution in [0.2, 0.25) is 0 Å². The Morgan fingerprint density at radius 3 is 2.38 bits per heavy atom. The lowest BCUT2D eigenvalue weighted by molar-refractivity contribution is -0.689. The van der Waals surface area contributed by atoms with Crippen molar-refractivity contribution in [2.75, 3.05) is 0 Å². The average Bonchev–Trinajstić information content (AvgIpc) is 3.10. The maximum absolute atomic E-state index is 13.7. The number of pyridine rings is 1. The van der Waals surface area contributed by atoms with E-state index in [2.05, 4.69) is 72.5 Å². The number of aromatic nitrogens is 2. The topological polar surface area (TPSA) is 25.9 Å². The van der Waals surface area contributed by atoms with Gasteiger partial charge in [-0.05, 0) is 31.0 Å². The molecule has 0 aliphatic heterocycles. The summed E-state index contributed by atoms with van der Waals surface area (Å²) in [5.74, 6) is 0.147. The molecule has 0 unspecified atom stereocenters. The highest BCUT2D eigenvalue weighted by Crippen LogP contribution is 2.34. The van der Waals surface area contributed by atoms with Crippen molar-refractivity contribution in [1.29, 1.82) is 0 Å². The first kappa shape index (κ1) is 19.1. The van der Waals surface area contributed by atoms with E-state index in [9.17, 15) is 4.79 Å². The fourth-order valence-corrected chi connectivity index (χ4v) is 4.09. The molecule has 2 aromatic carbocycles. The van der Waals surface area contributed by atoms with Crippen molar-refractivity contribution < 1.29 is 9.36 Å². The van der Waals surface area contributed by atoms with E-state index in [1.165, 1.54) is 5.56 Å². The molecule has 0 N–H and O–H groups in total. The monoisotopic (exact) mass is 383 g/mol. The number of aryl methyl sites for hydroxylation is 3. The first-order valence-corrected chi connectivity index (χ1v) is 10.3. The van der Waals surface area contributed by atoms with Crippen LogP contribution in [0.3, 0.4) is 0 Å². The van der Waals surface area contributed by atoms with Crippen LogP contribution in [0.15, 0.2) is 72.9 Å². The summed E-state index contributed by atoms with van der Waals surface area (Å²) in [6, 6.07) is 22.7. The molecule has 29 heavy (non-hydrogen) atoms. The molecule has 0 bridgehead atoms. The lowest BCUT2D eigenvalue weighted by Gasteiger charge is -2.10. The van der Waals surface area contributed by atoms with Gasteiger partial charge in [0.05, 0.1) is 11.3 Å². The fourth-order valence-electron chi connectivity index (χ4n) is 4.09. The van der Waals surface area contributed by atoms with Gasteiger partial charge in [-0.1, -0.05) is 55.5 Å². The van der Waals surface area contributed by atoms with E-state index in [0.717, 1.165) is 46.4 Å². The van der Waals surface area contributed by atoms with Crippen LogP contribution in [0.4, 0.5) is 0 Å². The molecule has 0 amide bonds. The highest BCUT2D eigenvalue weighted by molar-refractivity contribution is 6.13. The largest absolute Gasteiger partial charge is 0.340 e. The number of hydrogen-bond acceptors (Lipinski definition) is 1. The van der Waals surface area contributed by atoms with E-state index < -0.39 is 0 Å². The molecule has 0 fully saturated rings. The van der Waals surface area contributed by atoms with Crippen LogP contribution in [0.5, 0.6) is 0 Å². The molecule has 0 saturated carbocycles. The van der Waals surface area contributed by atoms with Gasteiger partial charge in [-0.15, -0.1) is 0 Å². The third kappa shape index (κ3) is 3.49. The fraction of sp³-hybridized carbons (Fsp3) is 0.231. The molecular weight excluding hydrogens is 356 g/mol. The van der Waals surface area contributed by atoms with E-state index in [1.54, 1.807) is 0 Å². The van der Waals surface area contributed by atoms with Gasteiger partial charge >= 0.3 is 0 Å². The summed E-state index contributed by atoms with van der Waals surface area (Å²) in [5, 5.41) is 1.03. The highest BCUT2D eigenvalue weighted by Gasteiger charge is 2.25. The molecular formula is C26H27N2O+. The standard InChI is InChI=1S/C26H27N2O/c1-4-20-16-15-19(3)27(17-20)18-24(29)25-22-13-9-10-14-23(22)28(5-2)26(25)21-11-7-6-8-12-21/h6-17H,4-5,18H2,1-3H3/q+1. The predicted octanol–water partition coefficient (Wildman–Crippen LogP) is 5.37. The first-order valence-electron chi connectivity index (χ1n) is 10.3. The third-order valence-corrected chi connectivity index (χ3v) is 5.65. The summed E-state index contributed by atoms with van der Waals surface area (Å²) in [7, 11) is 0. The predicted molar refractivity (Wildman–Crippen MR) is 118 cm³/mol. The molecule has 146 valence electrons. The van der Waals surface area contributed by atoms with Crippen molar-refractivity contribution in [2.45, 2.75) is 40.3 Å². The number of ketones is 1. The zero-order valence-corrected chi connectivity index (χ0v) is 17.4. The molecule has 0 radical (unpaired) electrons. The first-order chi connectivity index (χ1) is 14.1. The Bertz CT molecular complexity index is 1170.